The van der Waals surface area contributed by atoms with Crippen LogP contribution in [0.1, 0.15) is 129 Å². The predicted molar refractivity (Wildman–Crippen MR) is 409 cm³/mol. The topological polar surface area (TPSA) is 96.8 Å². The van der Waals surface area contributed by atoms with Gasteiger partial charge in [0.25, 0.3) is 51.4 Å². The summed E-state index contributed by atoms with van der Waals surface area (Å²) >= 11 is 2.41. The van der Waals surface area contributed by atoms with Gasteiger partial charge in [0.05, 0.1) is 44.8 Å². The lowest BCUT2D eigenvalue weighted by Gasteiger charge is -2.13. The fourth-order valence-corrected chi connectivity index (χ4v) is 12.7. The van der Waals surface area contributed by atoms with Gasteiger partial charge in [-0.3, -0.25) is 4.98 Å². The molecule has 3 aromatic heterocycles. The highest BCUT2D eigenvalue weighted by Gasteiger charge is 2.22. The second-order valence-electron chi connectivity index (χ2n) is 23.6. The molecule has 0 amide bonds. The van der Waals surface area contributed by atoms with Gasteiger partial charge >= 0.3 is 11.9 Å². The first-order valence-electron chi connectivity index (χ1n) is 33.7. The van der Waals surface area contributed by atoms with Gasteiger partial charge in [0.2, 0.25) is 0 Å². The van der Waals surface area contributed by atoms with Gasteiger partial charge in [-0.05, 0) is 174 Å². The summed E-state index contributed by atoms with van der Waals surface area (Å²) in [6.45, 7) is 3.67. The zero-order valence-corrected chi connectivity index (χ0v) is 61.5. The number of hydrogen-bond acceptors (Lipinski definition) is 10. The van der Waals surface area contributed by atoms with E-state index in [4.69, 9.17) is 14.2 Å². The summed E-state index contributed by atoms with van der Waals surface area (Å²) in [5.41, 5.74) is 1.30. The second-order valence-corrected chi connectivity index (χ2v) is 25.3. The van der Waals surface area contributed by atoms with Crippen LogP contribution in [0.3, 0.4) is 0 Å². The number of alkyl halides is 16. The van der Waals surface area contributed by atoms with Gasteiger partial charge in [-0.1, -0.05) is 158 Å². The average Bonchev–Trinajstić information content (AvgIpc) is 1.07. The van der Waals surface area contributed by atoms with E-state index in [9.17, 15) is 79.8 Å². The number of halogens is 16. The summed E-state index contributed by atoms with van der Waals surface area (Å²) in [4.78, 5) is 30.8. The number of aromatic nitrogens is 2. The number of nitrogens with zero attached hydrogens (tertiary/aromatic N) is 2. The van der Waals surface area contributed by atoms with Crippen LogP contribution in [0.5, 0.6) is 11.5 Å². The number of fused-ring (bicyclic) bond motifs is 3. The largest absolute Gasteiger partial charge is 0.497 e. The first-order valence-corrected chi connectivity index (χ1v) is 35.4. The van der Waals surface area contributed by atoms with Crippen LogP contribution in [0.2, 0.25) is 0 Å². The molecule has 0 aliphatic rings. The molecule has 0 unspecified atom stereocenters. The van der Waals surface area contributed by atoms with Crippen LogP contribution in [0.15, 0.2) is 260 Å². The highest BCUT2D eigenvalue weighted by Crippen LogP contribution is 2.41. The molecule has 0 radical (unpaired) electrons. The fraction of sp³-hybridized carbons (Fsp3) is 0.163. The number of methoxy groups -OCH3 is 3. The molecule has 0 atom stereocenters. The second kappa shape index (κ2) is 42.0. The number of aryl methyl sites for hydroxylation is 1. The van der Waals surface area contributed by atoms with Crippen LogP contribution in [0.25, 0.3) is 75.2 Å². The van der Waals surface area contributed by atoms with Gasteiger partial charge in [0, 0.05) is 45.1 Å². The van der Waals surface area contributed by atoms with Crippen molar-refractivity contribution in [3.8, 4) is 22.1 Å². The van der Waals surface area contributed by atoms with Gasteiger partial charge in [-0.25, -0.2) is 84.8 Å². The zero-order chi connectivity index (χ0) is 81.1. The van der Waals surface area contributed by atoms with Gasteiger partial charge in [0.1, 0.15) is 27.1 Å². The lowest BCUT2D eigenvalue weighted by Crippen LogP contribution is -2.03. The van der Waals surface area contributed by atoms with Crippen LogP contribution in [-0.2, 0) is 9.47 Å². The number of hydrogen-bond donors (Lipinski definition) is 0. The lowest BCUT2D eigenvalue weighted by molar-refractivity contribution is 0.0529. The van der Waals surface area contributed by atoms with E-state index in [2.05, 4.69) is 14.7 Å². The van der Waals surface area contributed by atoms with Crippen molar-refractivity contribution in [1.82, 2.24) is 9.97 Å². The molecule has 0 N–H and O–H groups in total. The molecule has 0 fully saturated rings. The Balaban J connectivity index is 0.000000164. The molecule has 0 aliphatic heterocycles. The number of rotatable bonds is 14. The summed E-state index contributed by atoms with van der Waals surface area (Å²) in [6, 6.07) is 66.9. The number of carbonyl (C=O) groups excluding carboxylic acids is 2. The third-order valence-corrected chi connectivity index (χ3v) is 18.4. The molecule has 15 rings (SSSR count). The number of thiophene rings is 1. The van der Waals surface area contributed by atoms with Gasteiger partial charge in [0.15, 0.2) is 0 Å². The summed E-state index contributed by atoms with van der Waals surface area (Å²) < 4.78 is 217. The number of carbonyl (C=O) groups is 2. The lowest BCUT2D eigenvalue weighted by atomic mass is 9.92. The Hall–Kier alpha value is -11.6. The molecule has 8 nitrogen and oxygen atoms in total. The molecule has 0 spiro atoms. The maximum Gasteiger partial charge on any atom is 0.350 e. The van der Waals surface area contributed by atoms with E-state index < -0.39 is 63.3 Å². The van der Waals surface area contributed by atoms with E-state index in [1.165, 1.54) is 141 Å². The van der Waals surface area contributed by atoms with Crippen molar-refractivity contribution in [2.45, 2.75) is 65.3 Å². The van der Waals surface area contributed by atoms with E-state index in [0.29, 0.717) is 43.1 Å². The summed E-state index contributed by atoms with van der Waals surface area (Å²) in [5, 5.41) is 14.4. The van der Waals surface area contributed by atoms with E-state index in [0.717, 1.165) is 59.8 Å². The van der Waals surface area contributed by atoms with E-state index in [1.54, 1.807) is 67.8 Å². The molecule has 0 bridgehead atoms. The van der Waals surface area contributed by atoms with E-state index in [1.807, 2.05) is 97.1 Å². The Kier molecular flexibility index (Phi) is 32.2. The van der Waals surface area contributed by atoms with Crippen LogP contribution in [0.4, 0.5) is 70.2 Å². The summed E-state index contributed by atoms with van der Waals surface area (Å²) in [6.07, 6.45) is -18.2. The maximum absolute atomic E-state index is 13.2. The molecule has 582 valence electrons. The van der Waals surface area contributed by atoms with Gasteiger partial charge in [-0.15, -0.1) is 11.3 Å². The highest BCUT2D eigenvalue weighted by molar-refractivity contribution is 7.17. The Morgan fingerprint density at radius 1 is 0.411 bits per heavy atom. The van der Waals surface area contributed by atoms with Crippen molar-refractivity contribution in [2.75, 3.05) is 27.9 Å². The molecule has 0 saturated carbocycles. The molecule has 26 heteroatoms. The molecule has 3 heterocycles. The Morgan fingerprint density at radius 3 is 1.42 bits per heavy atom. The van der Waals surface area contributed by atoms with Gasteiger partial charge < -0.3 is 18.9 Å². The van der Waals surface area contributed by atoms with Crippen LogP contribution >= 0.6 is 22.7 Å². The first-order chi connectivity index (χ1) is 53.8. The van der Waals surface area contributed by atoms with Crippen LogP contribution in [-0.4, -0.2) is 49.8 Å². The Morgan fingerprint density at radius 2 is 0.929 bits per heavy atom. The van der Waals surface area contributed by atoms with Crippen LogP contribution < -0.4 is 9.47 Å². The predicted octanol–water partition coefficient (Wildman–Crippen LogP) is 28.2. The number of benzene rings is 12. The molecule has 15 aromatic rings. The Labute approximate surface area is 640 Å². The third-order valence-electron chi connectivity index (χ3n) is 16.5. The standard InChI is InChI=1S/C17H10F2.C15H15F2NO3S.C15H10F2.C11H8F2.C9H8F2O2.C8H8F2O.C6H5F2N.C5H4F2S/c18-17(19)14-9-7-12-5-4-10-2-1-3-11-6-8-13(14)16(12)15(10)11;1-4-21-15(19)12-8(2)18-14(22-12)9-5-6-11(20-3)10(7-9)13(16)17;16-15(17)14-12-7-3-1-5-10(12)9-11-6-2-4-8-13(11)14;12-11(13)10-6-5-8-3-1-2-4-9(8)7-10;1-13-9(12)7-4-2-6(3-5-7)8(10)11;1-11-7-4-2-6(3-5-7)8(9)10;7-6(8)5-3-1-2-4-9-5;6-5(7)4-1-2-8-3-4/h1-9,17H;5-7,13H,4H2,1-3H3;1-9,15H;1-7,11H;2-5,8H,1H3;2-5,8H,1H3;1-4,6H;1-3,5H. The molecule has 12 aromatic carbocycles. The summed E-state index contributed by atoms with van der Waals surface area (Å²) in [5.74, 6) is -0.265. The normalized spacial score (nSPS) is 10.9. The minimum Gasteiger partial charge on any atom is -0.497 e. The van der Waals surface area contributed by atoms with Crippen molar-refractivity contribution in [3.63, 3.8) is 0 Å². The molecule has 112 heavy (non-hydrogen) atoms. The number of esters is 2. The van der Waals surface area contributed by atoms with Crippen molar-refractivity contribution >= 4 is 99.2 Å². The van der Waals surface area contributed by atoms with E-state index >= 15 is 0 Å². The van der Waals surface area contributed by atoms with Gasteiger partial charge in [-0.2, -0.15) is 11.3 Å². The van der Waals surface area contributed by atoms with Crippen LogP contribution in [0, 0.1) is 6.92 Å². The molecule has 0 aliphatic carbocycles. The summed E-state index contributed by atoms with van der Waals surface area (Å²) in [7, 11) is 4.08. The monoisotopic (exact) mass is 1590 g/mol. The molecular formula is C86H68F16N2O6S2. The smallest absolute Gasteiger partial charge is 0.350 e. The zero-order valence-electron chi connectivity index (χ0n) is 59.9. The third kappa shape index (κ3) is 23.2. The minimum absolute atomic E-state index is 0.0193. The fourth-order valence-electron chi connectivity index (χ4n) is 11.1. The number of thiazole rings is 1. The SMILES string of the molecule is CCOC(=O)c1sc(-c2ccc(OC)c(C(F)F)c2)nc1C.COC(=O)c1ccc(C(F)F)cc1.COc1ccc(C(F)F)cc1.FC(F)c1c2ccccc2cc2ccccc12.FC(F)c1ccc2ccc3cccc4ccc1c2c34.FC(F)c1ccc2ccccc2c1.FC(F)c1ccccn1.FC(F)c1ccsc1. The minimum atomic E-state index is -2.65. The Bertz CT molecular complexity index is 5380. The number of ether oxygens (including phenoxy) is 4. The quantitative estimate of drug-likeness (QED) is 0.0460. The first kappa shape index (κ1) is 86.0. The number of pyridine rings is 1. The molecule has 0 saturated heterocycles. The van der Waals surface area contributed by atoms with Crippen molar-refractivity contribution < 1.29 is 98.8 Å². The van der Waals surface area contributed by atoms with Crippen molar-refractivity contribution in [3.05, 3.63) is 320 Å². The molecular weight excluding hydrogens is 1530 g/mol. The maximum atomic E-state index is 13.2. The van der Waals surface area contributed by atoms with Crippen molar-refractivity contribution in [2.24, 2.45) is 0 Å². The average molecular weight is 1590 g/mol. The van der Waals surface area contributed by atoms with Crippen molar-refractivity contribution in [1.29, 1.82) is 0 Å². The van der Waals surface area contributed by atoms with E-state index in [-0.39, 0.29) is 62.6 Å². The highest BCUT2D eigenvalue weighted by atomic mass is 32.1.